The molecule has 0 radical (unpaired) electrons. The Morgan fingerprint density at radius 1 is 0.884 bits per heavy atom. The zero-order valence-corrected chi connectivity index (χ0v) is 26.6. The summed E-state index contributed by atoms with van der Waals surface area (Å²) in [5, 5.41) is 3.12. The fourth-order valence-electron chi connectivity index (χ4n) is 4.65. The van der Waals surface area contributed by atoms with Crippen LogP contribution in [0.1, 0.15) is 16.7 Å². The molecule has 10 heteroatoms. The molecule has 0 aliphatic heterocycles. The summed E-state index contributed by atoms with van der Waals surface area (Å²) < 4.78 is 29.3. The maximum absolute atomic E-state index is 14.3. The molecule has 0 aromatic heterocycles. The highest BCUT2D eigenvalue weighted by Crippen LogP contribution is 2.27. The van der Waals surface area contributed by atoms with E-state index in [0.717, 1.165) is 20.3 Å². The van der Waals surface area contributed by atoms with E-state index in [9.17, 15) is 18.0 Å². The van der Waals surface area contributed by atoms with E-state index in [-0.39, 0.29) is 23.8 Å². The van der Waals surface area contributed by atoms with Gasteiger partial charge in [0.25, 0.3) is 10.0 Å². The van der Waals surface area contributed by atoms with Gasteiger partial charge in [0.1, 0.15) is 12.6 Å². The van der Waals surface area contributed by atoms with Crippen LogP contribution in [-0.4, -0.2) is 51.0 Å². The van der Waals surface area contributed by atoms with Gasteiger partial charge in [-0.1, -0.05) is 77.8 Å². The van der Waals surface area contributed by atoms with Crippen molar-refractivity contribution >= 4 is 50.9 Å². The molecule has 4 rings (SSSR count). The Morgan fingerprint density at radius 3 is 2.12 bits per heavy atom. The third kappa shape index (κ3) is 7.98. The highest BCUT2D eigenvalue weighted by Gasteiger charge is 2.34. The molecule has 0 aliphatic rings. The summed E-state index contributed by atoms with van der Waals surface area (Å²) in [5.41, 5.74) is 2.77. The quantitative estimate of drug-likeness (QED) is 0.194. The second-order valence-electron chi connectivity index (χ2n) is 9.96. The number of rotatable bonds is 12. The van der Waals surface area contributed by atoms with Gasteiger partial charge in [-0.3, -0.25) is 13.9 Å². The lowest BCUT2D eigenvalue weighted by Crippen LogP contribution is -2.53. The van der Waals surface area contributed by atoms with Gasteiger partial charge >= 0.3 is 0 Å². The number of amides is 2. The molecular formula is C33H34ClN3O4S2. The molecule has 224 valence electrons. The van der Waals surface area contributed by atoms with Crippen LogP contribution in [0.4, 0.5) is 5.69 Å². The predicted molar refractivity (Wildman–Crippen MR) is 174 cm³/mol. The van der Waals surface area contributed by atoms with Crippen molar-refractivity contribution in [3.63, 3.8) is 0 Å². The van der Waals surface area contributed by atoms with Crippen LogP contribution in [0.15, 0.2) is 113 Å². The van der Waals surface area contributed by atoms with Gasteiger partial charge in [-0.25, -0.2) is 8.42 Å². The highest BCUT2D eigenvalue weighted by atomic mass is 35.5. The average molecular weight is 636 g/mol. The zero-order valence-electron chi connectivity index (χ0n) is 24.2. The SMILES string of the molecule is CNC(=O)[C@@H](Cc1ccccc1)N(Cc1ccccc1Cl)C(=O)CN(c1ccc(C)cc1)S(=O)(=O)c1ccc(SC)cc1. The van der Waals surface area contributed by atoms with E-state index in [1.165, 1.54) is 35.8 Å². The van der Waals surface area contributed by atoms with Gasteiger partial charge in [0.15, 0.2) is 0 Å². The molecule has 0 saturated heterocycles. The molecule has 0 unspecified atom stereocenters. The van der Waals surface area contributed by atoms with E-state index in [1.54, 1.807) is 60.7 Å². The number of hydrogen-bond donors (Lipinski definition) is 1. The molecule has 0 bridgehead atoms. The van der Waals surface area contributed by atoms with Crippen molar-refractivity contribution in [2.24, 2.45) is 0 Å². The normalized spacial score (nSPS) is 11.9. The number of anilines is 1. The smallest absolute Gasteiger partial charge is 0.264 e. The Morgan fingerprint density at radius 2 is 1.51 bits per heavy atom. The van der Waals surface area contributed by atoms with Crippen molar-refractivity contribution in [3.05, 3.63) is 125 Å². The monoisotopic (exact) mass is 635 g/mol. The van der Waals surface area contributed by atoms with Gasteiger partial charge in [0, 0.05) is 29.9 Å². The number of thioether (sulfide) groups is 1. The van der Waals surface area contributed by atoms with E-state index >= 15 is 0 Å². The Kier molecular flexibility index (Phi) is 10.9. The van der Waals surface area contributed by atoms with Gasteiger partial charge in [0.2, 0.25) is 11.8 Å². The molecule has 0 spiro atoms. The minimum atomic E-state index is -4.16. The van der Waals surface area contributed by atoms with Crippen molar-refractivity contribution in [1.82, 2.24) is 10.2 Å². The molecule has 0 saturated carbocycles. The molecule has 7 nitrogen and oxygen atoms in total. The van der Waals surface area contributed by atoms with E-state index in [0.29, 0.717) is 16.3 Å². The number of hydrogen-bond acceptors (Lipinski definition) is 5. The first-order valence-electron chi connectivity index (χ1n) is 13.7. The number of carbonyl (C=O) groups excluding carboxylic acids is 2. The lowest BCUT2D eigenvalue weighted by atomic mass is 10.0. The highest BCUT2D eigenvalue weighted by molar-refractivity contribution is 7.98. The second kappa shape index (κ2) is 14.6. The summed E-state index contributed by atoms with van der Waals surface area (Å²) in [5.74, 6) is -0.920. The van der Waals surface area contributed by atoms with Crippen LogP contribution in [0.2, 0.25) is 5.02 Å². The molecule has 0 fully saturated rings. The van der Waals surface area contributed by atoms with Crippen LogP contribution >= 0.6 is 23.4 Å². The van der Waals surface area contributed by atoms with Crippen LogP contribution < -0.4 is 9.62 Å². The summed E-state index contributed by atoms with van der Waals surface area (Å²) in [6, 6.07) is 29.0. The largest absolute Gasteiger partial charge is 0.357 e. The molecule has 1 atom stereocenters. The summed E-state index contributed by atoms with van der Waals surface area (Å²) in [6.07, 6.45) is 2.14. The second-order valence-corrected chi connectivity index (χ2v) is 13.1. The van der Waals surface area contributed by atoms with Crippen molar-refractivity contribution in [2.45, 2.75) is 35.7 Å². The van der Waals surface area contributed by atoms with E-state index in [1.807, 2.05) is 43.5 Å². The van der Waals surface area contributed by atoms with Crippen LogP contribution in [0.5, 0.6) is 0 Å². The van der Waals surface area contributed by atoms with Gasteiger partial charge in [-0.05, 0) is 66.8 Å². The third-order valence-corrected chi connectivity index (χ3v) is 9.96. The van der Waals surface area contributed by atoms with Gasteiger partial charge < -0.3 is 10.2 Å². The molecule has 0 aliphatic carbocycles. The van der Waals surface area contributed by atoms with Crippen molar-refractivity contribution in [2.75, 3.05) is 24.2 Å². The first kappa shape index (κ1) is 32.1. The maximum atomic E-state index is 14.3. The van der Waals surface area contributed by atoms with Gasteiger partial charge in [-0.15, -0.1) is 11.8 Å². The van der Waals surface area contributed by atoms with Gasteiger partial charge in [-0.2, -0.15) is 0 Å². The Balaban J connectivity index is 1.79. The number of aryl methyl sites for hydroxylation is 1. The van der Waals surface area contributed by atoms with Crippen molar-refractivity contribution in [3.8, 4) is 0 Å². The lowest BCUT2D eigenvalue weighted by Gasteiger charge is -2.33. The summed E-state index contributed by atoms with van der Waals surface area (Å²) in [7, 11) is -2.65. The molecule has 4 aromatic rings. The average Bonchev–Trinajstić information content (AvgIpc) is 3.02. The van der Waals surface area contributed by atoms with Crippen LogP contribution in [0, 0.1) is 6.92 Å². The molecule has 1 N–H and O–H groups in total. The minimum absolute atomic E-state index is 0.00757. The van der Waals surface area contributed by atoms with Crippen LogP contribution in [0.25, 0.3) is 0 Å². The van der Waals surface area contributed by atoms with Crippen molar-refractivity contribution in [1.29, 1.82) is 0 Å². The fraction of sp³-hybridized carbons (Fsp3) is 0.212. The van der Waals surface area contributed by atoms with E-state index in [4.69, 9.17) is 11.6 Å². The van der Waals surface area contributed by atoms with Crippen LogP contribution in [0.3, 0.4) is 0 Å². The number of halogens is 1. The lowest BCUT2D eigenvalue weighted by molar-refractivity contribution is -0.139. The standard InChI is InChI=1S/C33H34ClN3O4S2/c1-24-13-15-27(16-14-24)37(43(40,41)29-19-17-28(42-3)18-20-29)23-32(38)36(22-26-11-7-8-12-30(26)34)31(33(39)35-2)21-25-9-5-4-6-10-25/h4-20,31H,21-23H2,1-3H3,(H,35,39)/t31-/m1/s1. The minimum Gasteiger partial charge on any atom is -0.357 e. The molecule has 0 heterocycles. The third-order valence-electron chi connectivity index (χ3n) is 7.06. The Labute approximate surface area is 262 Å². The number of carbonyl (C=O) groups is 2. The van der Waals surface area contributed by atoms with E-state index in [2.05, 4.69) is 5.32 Å². The first-order chi connectivity index (χ1) is 20.6. The summed E-state index contributed by atoms with van der Waals surface area (Å²) >= 11 is 8.00. The topological polar surface area (TPSA) is 86.8 Å². The summed E-state index contributed by atoms with van der Waals surface area (Å²) in [4.78, 5) is 30.1. The Hall–Kier alpha value is -3.79. The molecule has 43 heavy (non-hydrogen) atoms. The van der Waals surface area contributed by atoms with E-state index < -0.39 is 28.5 Å². The maximum Gasteiger partial charge on any atom is 0.264 e. The molecule has 4 aromatic carbocycles. The fourth-order valence-corrected chi connectivity index (χ4v) is 6.66. The first-order valence-corrected chi connectivity index (χ1v) is 16.7. The van der Waals surface area contributed by atoms with Crippen LogP contribution in [-0.2, 0) is 32.6 Å². The summed E-state index contributed by atoms with van der Waals surface area (Å²) in [6.45, 7) is 1.38. The molecule has 2 amide bonds. The zero-order chi connectivity index (χ0) is 31.0. The number of likely N-dealkylation sites (N-methyl/N-ethyl adjacent to an activating group) is 1. The number of nitrogens with zero attached hydrogens (tertiary/aromatic N) is 2. The van der Waals surface area contributed by atoms with Crippen molar-refractivity contribution < 1.29 is 18.0 Å². The predicted octanol–water partition coefficient (Wildman–Crippen LogP) is 5.95. The van der Waals surface area contributed by atoms with Gasteiger partial charge in [0.05, 0.1) is 10.6 Å². The number of sulfonamides is 1. The Bertz CT molecular complexity index is 1650. The molecular weight excluding hydrogens is 602 g/mol. The number of nitrogens with one attached hydrogen (secondary N) is 1. The number of benzene rings is 4.